The zero-order valence-electron chi connectivity index (χ0n) is 10.6. The van der Waals surface area contributed by atoms with Gasteiger partial charge in [-0.05, 0) is 0 Å². The van der Waals surface area contributed by atoms with Gasteiger partial charge in [-0.1, -0.05) is 30.3 Å². The van der Waals surface area contributed by atoms with Gasteiger partial charge in [-0.15, -0.1) is 0 Å². The van der Waals surface area contributed by atoms with Gasteiger partial charge in [0.15, 0.2) is 0 Å². The second-order valence-corrected chi connectivity index (χ2v) is 3.73. The van der Waals surface area contributed by atoms with Gasteiger partial charge in [0, 0.05) is 25.6 Å². The number of nitrogens with two attached hydrogens (primary N) is 1. The number of aliphatic imine (C=N–C) groups is 1. The van der Waals surface area contributed by atoms with Gasteiger partial charge in [0.25, 0.3) is 0 Å². The third-order valence-electron chi connectivity index (χ3n) is 2.32. The zero-order valence-corrected chi connectivity index (χ0v) is 10.6. The number of amides is 1. The number of hydrogen-bond acceptors (Lipinski definition) is 3. The van der Waals surface area contributed by atoms with Crippen molar-refractivity contribution in [3.8, 4) is 0 Å². The molecule has 0 radical (unpaired) electrons. The predicted molar refractivity (Wildman–Crippen MR) is 71.5 cm³/mol. The van der Waals surface area contributed by atoms with Crippen LogP contribution in [0.4, 0.5) is 0 Å². The van der Waals surface area contributed by atoms with Crippen LogP contribution in [0.25, 0.3) is 0 Å². The minimum atomic E-state index is -0.0448. The number of carbonyl (C=O) groups is 1. The summed E-state index contributed by atoms with van der Waals surface area (Å²) in [6, 6.07) is 9.49. The first-order chi connectivity index (χ1) is 8.74. The van der Waals surface area contributed by atoms with E-state index < -0.39 is 0 Å². The highest BCUT2D eigenvalue weighted by atomic mass is 16.5. The maximum Gasteiger partial charge on any atom is 0.221 e. The maximum atomic E-state index is 11.4. The standard InChI is InChI=1S/C13H19N3O2/c1-18-10-9-15-12(17)7-8-16-13(14)11-5-3-2-4-6-11/h2-6H,7-10H2,1H3,(H2,14,16)(H,15,17). The van der Waals surface area contributed by atoms with Crippen LogP contribution in [0.3, 0.4) is 0 Å². The molecule has 1 amide bonds. The fourth-order valence-corrected chi connectivity index (χ4v) is 1.36. The molecule has 0 bridgehead atoms. The third kappa shape index (κ3) is 5.45. The van der Waals surface area contributed by atoms with Gasteiger partial charge in [-0.3, -0.25) is 9.79 Å². The maximum absolute atomic E-state index is 11.4. The number of nitrogens with one attached hydrogen (secondary N) is 1. The van der Waals surface area contributed by atoms with Crippen molar-refractivity contribution < 1.29 is 9.53 Å². The fourth-order valence-electron chi connectivity index (χ4n) is 1.36. The Morgan fingerprint density at radius 1 is 1.39 bits per heavy atom. The highest BCUT2D eigenvalue weighted by Crippen LogP contribution is 1.97. The fraction of sp³-hybridized carbons (Fsp3) is 0.385. The predicted octanol–water partition coefficient (Wildman–Crippen LogP) is 0.545. The van der Waals surface area contributed by atoms with Crippen LogP contribution in [0.2, 0.25) is 0 Å². The van der Waals surface area contributed by atoms with Crippen LogP contribution < -0.4 is 11.1 Å². The van der Waals surface area contributed by atoms with Crippen LogP contribution in [-0.4, -0.2) is 38.5 Å². The van der Waals surface area contributed by atoms with Crippen molar-refractivity contribution in [3.05, 3.63) is 35.9 Å². The Morgan fingerprint density at radius 3 is 2.78 bits per heavy atom. The first-order valence-electron chi connectivity index (χ1n) is 5.85. The number of hydrogen-bond donors (Lipinski definition) is 2. The molecule has 0 aliphatic carbocycles. The Labute approximate surface area is 107 Å². The van der Waals surface area contributed by atoms with Crippen LogP contribution in [0.1, 0.15) is 12.0 Å². The molecule has 0 aromatic heterocycles. The molecule has 3 N–H and O–H groups in total. The van der Waals surface area contributed by atoms with Crippen LogP contribution in [0, 0.1) is 0 Å². The van der Waals surface area contributed by atoms with Crippen LogP contribution in [-0.2, 0) is 9.53 Å². The molecule has 0 aliphatic heterocycles. The Bertz CT molecular complexity index is 390. The minimum absolute atomic E-state index is 0.0448. The summed E-state index contributed by atoms with van der Waals surface area (Å²) >= 11 is 0. The Balaban J connectivity index is 2.30. The minimum Gasteiger partial charge on any atom is -0.384 e. The van der Waals surface area contributed by atoms with Gasteiger partial charge in [-0.2, -0.15) is 0 Å². The van der Waals surface area contributed by atoms with E-state index in [1.807, 2.05) is 30.3 Å². The van der Waals surface area contributed by atoms with E-state index in [2.05, 4.69) is 10.3 Å². The number of ether oxygens (including phenoxy) is 1. The van der Waals surface area contributed by atoms with Gasteiger partial charge in [0.1, 0.15) is 5.84 Å². The van der Waals surface area contributed by atoms with Crippen LogP contribution in [0.5, 0.6) is 0 Å². The molecule has 5 nitrogen and oxygen atoms in total. The molecular weight excluding hydrogens is 230 g/mol. The quantitative estimate of drug-likeness (QED) is 0.421. The first-order valence-corrected chi connectivity index (χ1v) is 5.85. The van der Waals surface area contributed by atoms with Crippen LogP contribution >= 0.6 is 0 Å². The third-order valence-corrected chi connectivity index (χ3v) is 2.32. The molecule has 0 heterocycles. The van der Waals surface area contributed by atoms with E-state index in [9.17, 15) is 4.79 Å². The summed E-state index contributed by atoms with van der Waals surface area (Å²) in [4.78, 5) is 15.5. The van der Waals surface area contributed by atoms with Gasteiger partial charge < -0.3 is 15.8 Å². The lowest BCUT2D eigenvalue weighted by molar-refractivity contribution is -0.121. The smallest absolute Gasteiger partial charge is 0.221 e. The Hall–Kier alpha value is -1.88. The normalized spacial score (nSPS) is 11.3. The highest BCUT2D eigenvalue weighted by Gasteiger charge is 2.00. The molecule has 1 rings (SSSR count). The van der Waals surface area contributed by atoms with E-state index in [4.69, 9.17) is 10.5 Å². The van der Waals surface area contributed by atoms with Crippen molar-refractivity contribution in [2.75, 3.05) is 26.8 Å². The number of benzene rings is 1. The molecule has 5 heteroatoms. The zero-order chi connectivity index (χ0) is 13.2. The summed E-state index contributed by atoms with van der Waals surface area (Å²) in [7, 11) is 1.59. The molecule has 1 aromatic carbocycles. The van der Waals surface area contributed by atoms with E-state index in [-0.39, 0.29) is 5.91 Å². The van der Waals surface area contributed by atoms with E-state index in [1.54, 1.807) is 7.11 Å². The Morgan fingerprint density at radius 2 is 2.11 bits per heavy atom. The lowest BCUT2D eigenvalue weighted by Gasteiger charge is -2.03. The largest absolute Gasteiger partial charge is 0.384 e. The van der Waals surface area contributed by atoms with Crippen LogP contribution in [0.15, 0.2) is 35.3 Å². The second-order valence-electron chi connectivity index (χ2n) is 3.73. The van der Waals surface area contributed by atoms with Crippen molar-refractivity contribution in [3.63, 3.8) is 0 Å². The molecular formula is C13H19N3O2. The van der Waals surface area contributed by atoms with E-state index in [1.165, 1.54) is 0 Å². The van der Waals surface area contributed by atoms with Gasteiger partial charge in [0.2, 0.25) is 5.91 Å². The van der Waals surface area contributed by atoms with Gasteiger partial charge in [0.05, 0.1) is 13.2 Å². The number of rotatable bonds is 7. The number of amidine groups is 1. The number of nitrogens with zero attached hydrogens (tertiary/aromatic N) is 1. The Kier molecular flexibility index (Phi) is 6.50. The summed E-state index contributed by atoms with van der Waals surface area (Å²) in [5.41, 5.74) is 6.67. The molecule has 0 saturated heterocycles. The summed E-state index contributed by atoms with van der Waals surface area (Å²) < 4.78 is 4.83. The van der Waals surface area contributed by atoms with Crippen molar-refractivity contribution in [2.24, 2.45) is 10.7 Å². The lowest BCUT2D eigenvalue weighted by atomic mass is 10.2. The second kappa shape index (κ2) is 8.25. The average molecular weight is 249 g/mol. The van der Waals surface area contributed by atoms with Crippen molar-refractivity contribution in [1.82, 2.24) is 5.32 Å². The molecule has 0 fully saturated rings. The molecule has 0 spiro atoms. The van der Waals surface area contributed by atoms with Crippen molar-refractivity contribution in [1.29, 1.82) is 0 Å². The molecule has 0 atom stereocenters. The lowest BCUT2D eigenvalue weighted by Crippen LogP contribution is -2.27. The molecule has 0 aliphatic rings. The molecule has 98 valence electrons. The molecule has 18 heavy (non-hydrogen) atoms. The highest BCUT2D eigenvalue weighted by molar-refractivity contribution is 5.97. The SMILES string of the molecule is COCCNC(=O)CCN=C(N)c1ccccc1. The topological polar surface area (TPSA) is 76.7 Å². The van der Waals surface area contributed by atoms with E-state index >= 15 is 0 Å². The summed E-state index contributed by atoms with van der Waals surface area (Å²) in [5.74, 6) is 0.414. The van der Waals surface area contributed by atoms with Gasteiger partial charge >= 0.3 is 0 Å². The number of carbonyl (C=O) groups excluding carboxylic acids is 1. The monoisotopic (exact) mass is 249 g/mol. The van der Waals surface area contributed by atoms with Crippen molar-refractivity contribution in [2.45, 2.75) is 6.42 Å². The van der Waals surface area contributed by atoms with E-state index in [0.29, 0.717) is 32.0 Å². The summed E-state index contributed by atoms with van der Waals surface area (Å²) in [6.07, 6.45) is 0.331. The van der Waals surface area contributed by atoms with E-state index in [0.717, 1.165) is 5.56 Å². The number of methoxy groups -OCH3 is 1. The van der Waals surface area contributed by atoms with Crippen molar-refractivity contribution >= 4 is 11.7 Å². The molecule has 1 aromatic rings. The average Bonchev–Trinajstić information content (AvgIpc) is 2.40. The first kappa shape index (κ1) is 14.2. The summed E-state index contributed by atoms with van der Waals surface area (Å²) in [6.45, 7) is 1.42. The molecule has 0 saturated carbocycles. The molecule has 0 unspecified atom stereocenters. The summed E-state index contributed by atoms with van der Waals surface area (Å²) in [5, 5.41) is 2.72. The van der Waals surface area contributed by atoms with Gasteiger partial charge in [-0.25, -0.2) is 0 Å².